The largest absolute Gasteiger partial charge is 0.394 e. The van der Waals surface area contributed by atoms with Gasteiger partial charge in [0.1, 0.15) is 0 Å². The molecule has 1 heterocycles. The number of nitrogens with one attached hydrogen (secondary N) is 1. The van der Waals surface area contributed by atoms with E-state index in [4.69, 9.17) is 11.6 Å². The van der Waals surface area contributed by atoms with Crippen molar-refractivity contribution >= 4 is 33.2 Å². The number of rotatable bonds is 4. The molecular weight excluding hydrogens is 330 g/mol. The van der Waals surface area contributed by atoms with Gasteiger partial charge in [0.25, 0.3) is 0 Å². The second-order valence-electron chi connectivity index (χ2n) is 4.35. The van der Waals surface area contributed by atoms with Gasteiger partial charge < -0.3 is 10.4 Å². The number of aromatic nitrogens is 2. The lowest BCUT2D eigenvalue weighted by molar-refractivity contribution is 0.276. The average molecular weight is 345 g/mol. The lowest BCUT2D eigenvalue weighted by Crippen LogP contribution is -2.15. The summed E-state index contributed by atoms with van der Waals surface area (Å²) in [6.07, 6.45) is 1.91. The van der Waals surface area contributed by atoms with Crippen LogP contribution in [0.5, 0.6) is 0 Å². The summed E-state index contributed by atoms with van der Waals surface area (Å²) < 4.78 is 2.56. The zero-order valence-corrected chi connectivity index (χ0v) is 13.0. The van der Waals surface area contributed by atoms with Crippen LogP contribution in [0.2, 0.25) is 5.02 Å². The molecule has 102 valence electrons. The molecule has 0 aliphatic carbocycles. The number of halogens is 2. The van der Waals surface area contributed by atoms with Crippen molar-refractivity contribution in [2.24, 2.45) is 7.05 Å². The summed E-state index contributed by atoms with van der Waals surface area (Å²) in [7, 11) is 1.86. The highest BCUT2D eigenvalue weighted by Gasteiger charge is 2.15. The summed E-state index contributed by atoms with van der Waals surface area (Å²) in [6, 6.07) is 5.37. The van der Waals surface area contributed by atoms with E-state index < -0.39 is 0 Å². The number of hydrogen-bond donors (Lipinski definition) is 2. The third kappa shape index (κ3) is 3.29. The topological polar surface area (TPSA) is 50.1 Å². The zero-order chi connectivity index (χ0) is 14.0. The molecule has 2 aromatic rings. The molecule has 2 N–H and O–H groups in total. The highest BCUT2D eigenvalue weighted by Crippen LogP contribution is 2.28. The molecule has 0 aliphatic rings. The molecule has 1 atom stereocenters. The molecule has 6 heteroatoms. The minimum atomic E-state index is -0.193. The third-order valence-corrected chi connectivity index (χ3v) is 4.08. The lowest BCUT2D eigenvalue weighted by Gasteiger charge is -2.17. The van der Waals surface area contributed by atoms with Gasteiger partial charge in [0.2, 0.25) is 0 Å². The first-order chi connectivity index (χ1) is 9.01. The Morgan fingerprint density at radius 2 is 2.26 bits per heavy atom. The minimum Gasteiger partial charge on any atom is -0.394 e. The van der Waals surface area contributed by atoms with Gasteiger partial charge in [0, 0.05) is 29.0 Å². The van der Waals surface area contributed by atoms with E-state index in [0.717, 1.165) is 21.4 Å². The van der Waals surface area contributed by atoms with E-state index in [9.17, 15) is 5.11 Å². The Kier molecular flexibility index (Phi) is 4.50. The second-order valence-corrected chi connectivity index (χ2v) is 5.61. The van der Waals surface area contributed by atoms with Crippen LogP contribution in [-0.2, 0) is 7.05 Å². The fourth-order valence-corrected chi connectivity index (χ4v) is 2.47. The Labute approximate surface area is 125 Å². The van der Waals surface area contributed by atoms with E-state index in [1.54, 1.807) is 10.7 Å². The molecule has 0 amide bonds. The third-order valence-electron chi connectivity index (χ3n) is 2.87. The molecule has 0 saturated carbocycles. The number of benzene rings is 1. The van der Waals surface area contributed by atoms with Crippen molar-refractivity contribution in [3.05, 3.63) is 45.1 Å². The van der Waals surface area contributed by atoms with E-state index in [1.165, 1.54) is 0 Å². The van der Waals surface area contributed by atoms with Gasteiger partial charge in [-0.15, -0.1) is 0 Å². The van der Waals surface area contributed by atoms with Crippen LogP contribution in [-0.4, -0.2) is 21.5 Å². The average Bonchev–Trinajstić information content (AvgIpc) is 2.70. The van der Waals surface area contributed by atoms with E-state index in [-0.39, 0.29) is 12.6 Å². The van der Waals surface area contributed by atoms with Crippen molar-refractivity contribution in [2.75, 3.05) is 11.9 Å². The van der Waals surface area contributed by atoms with Crippen molar-refractivity contribution in [1.29, 1.82) is 0 Å². The summed E-state index contributed by atoms with van der Waals surface area (Å²) >= 11 is 9.34. The van der Waals surface area contributed by atoms with E-state index in [1.807, 2.05) is 32.3 Å². The first kappa shape index (κ1) is 14.4. The Hall–Kier alpha value is -1.04. The molecule has 0 fully saturated rings. The van der Waals surface area contributed by atoms with Gasteiger partial charge in [0.05, 0.1) is 23.4 Å². The zero-order valence-electron chi connectivity index (χ0n) is 10.7. The maximum Gasteiger partial charge on any atom is 0.0778 e. The van der Waals surface area contributed by atoms with Gasteiger partial charge in [-0.1, -0.05) is 11.6 Å². The Balaban J connectivity index is 2.23. The Morgan fingerprint density at radius 3 is 2.79 bits per heavy atom. The van der Waals surface area contributed by atoms with Crippen LogP contribution in [0.4, 0.5) is 5.69 Å². The Bertz CT molecular complexity index is 585. The molecule has 0 saturated heterocycles. The molecule has 2 rings (SSSR count). The Morgan fingerprint density at radius 1 is 1.53 bits per heavy atom. The van der Waals surface area contributed by atoms with Crippen molar-refractivity contribution in [1.82, 2.24) is 9.78 Å². The maximum absolute atomic E-state index is 9.56. The van der Waals surface area contributed by atoms with Crippen LogP contribution in [0.25, 0.3) is 0 Å². The molecule has 1 unspecified atom stereocenters. The predicted octanol–water partition coefficient (Wildman–Crippen LogP) is 3.29. The van der Waals surface area contributed by atoms with Gasteiger partial charge in [-0.05, 0) is 41.1 Å². The van der Waals surface area contributed by atoms with Crippen LogP contribution >= 0.6 is 27.5 Å². The number of hydrogen-bond acceptors (Lipinski definition) is 3. The molecule has 1 aromatic carbocycles. The molecule has 4 nitrogen and oxygen atoms in total. The fourth-order valence-electron chi connectivity index (χ4n) is 1.97. The summed E-state index contributed by atoms with van der Waals surface area (Å²) in [5.41, 5.74) is 2.77. The maximum atomic E-state index is 9.56. The highest BCUT2D eigenvalue weighted by atomic mass is 79.9. The summed E-state index contributed by atoms with van der Waals surface area (Å²) in [5, 5.41) is 17.8. The van der Waals surface area contributed by atoms with Crippen molar-refractivity contribution in [3.63, 3.8) is 0 Å². The highest BCUT2D eigenvalue weighted by molar-refractivity contribution is 9.10. The standard InChI is InChI=1S/C13H15BrClN3O/c1-8-10(6-18(2)17-8)13(7-19)16-9-3-4-12(15)11(14)5-9/h3-6,13,16,19H,7H2,1-2H3. The van der Waals surface area contributed by atoms with Crippen molar-refractivity contribution in [3.8, 4) is 0 Å². The number of aliphatic hydroxyl groups excluding tert-OH is 1. The van der Waals surface area contributed by atoms with Crippen LogP contribution in [0.3, 0.4) is 0 Å². The monoisotopic (exact) mass is 343 g/mol. The van der Waals surface area contributed by atoms with Gasteiger partial charge in [-0.2, -0.15) is 5.10 Å². The van der Waals surface area contributed by atoms with Crippen LogP contribution < -0.4 is 5.32 Å². The number of aryl methyl sites for hydroxylation is 2. The second kappa shape index (κ2) is 5.94. The summed E-state index contributed by atoms with van der Waals surface area (Å²) in [5.74, 6) is 0. The fraction of sp³-hybridized carbons (Fsp3) is 0.308. The van der Waals surface area contributed by atoms with Gasteiger partial charge in [0.15, 0.2) is 0 Å². The smallest absolute Gasteiger partial charge is 0.0778 e. The van der Waals surface area contributed by atoms with Gasteiger partial charge in [-0.25, -0.2) is 0 Å². The summed E-state index contributed by atoms with van der Waals surface area (Å²) in [4.78, 5) is 0. The van der Waals surface area contributed by atoms with Crippen LogP contribution in [0.15, 0.2) is 28.9 Å². The van der Waals surface area contributed by atoms with Gasteiger partial charge in [-0.3, -0.25) is 4.68 Å². The number of aliphatic hydroxyl groups is 1. The van der Waals surface area contributed by atoms with E-state index in [0.29, 0.717) is 5.02 Å². The SMILES string of the molecule is Cc1nn(C)cc1C(CO)Nc1ccc(Cl)c(Br)c1. The van der Waals surface area contributed by atoms with E-state index in [2.05, 4.69) is 26.3 Å². The quantitative estimate of drug-likeness (QED) is 0.895. The lowest BCUT2D eigenvalue weighted by atomic mass is 10.1. The molecule has 19 heavy (non-hydrogen) atoms. The van der Waals surface area contributed by atoms with Gasteiger partial charge >= 0.3 is 0 Å². The molecule has 0 bridgehead atoms. The van der Waals surface area contributed by atoms with Crippen LogP contribution in [0.1, 0.15) is 17.3 Å². The normalized spacial score (nSPS) is 12.5. The predicted molar refractivity (Wildman–Crippen MR) is 80.5 cm³/mol. The molecule has 0 spiro atoms. The number of nitrogens with zero attached hydrogens (tertiary/aromatic N) is 2. The van der Waals surface area contributed by atoms with Crippen LogP contribution in [0, 0.1) is 6.92 Å². The molecule has 0 radical (unpaired) electrons. The molecule has 0 aliphatic heterocycles. The molecule has 1 aromatic heterocycles. The first-order valence-corrected chi connectivity index (χ1v) is 7.01. The number of anilines is 1. The van der Waals surface area contributed by atoms with Crippen molar-refractivity contribution < 1.29 is 5.11 Å². The van der Waals surface area contributed by atoms with Crippen molar-refractivity contribution in [2.45, 2.75) is 13.0 Å². The summed E-state index contributed by atoms with van der Waals surface area (Å²) in [6.45, 7) is 1.92. The first-order valence-electron chi connectivity index (χ1n) is 5.84. The minimum absolute atomic E-state index is 0.00716. The molecular formula is C13H15BrClN3O. The van der Waals surface area contributed by atoms with E-state index >= 15 is 0 Å².